The number of nitrogens with one attached hydrogen (secondary N) is 3. The van der Waals surface area contributed by atoms with Crippen LogP contribution >= 0.6 is 0 Å². The third-order valence-corrected chi connectivity index (χ3v) is 4.64. The Morgan fingerprint density at radius 2 is 1.80 bits per heavy atom. The molecule has 0 spiro atoms. The third-order valence-electron chi connectivity index (χ3n) is 4.64. The molecule has 1 aliphatic carbocycles. The maximum Gasteiger partial charge on any atom is 0.239 e. The van der Waals surface area contributed by atoms with Gasteiger partial charge in [0.2, 0.25) is 5.91 Å². The zero-order valence-electron chi connectivity index (χ0n) is 15.6. The molecule has 138 valence electrons. The second kappa shape index (κ2) is 10.7. The van der Waals surface area contributed by atoms with Crippen LogP contribution in [0.4, 0.5) is 0 Å². The second-order valence-corrected chi connectivity index (χ2v) is 6.57. The van der Waals surface area contributed by atoms with Gasteiger partial charge in [0.1, 0.15) is 0 Å². The Bertz CT molecular complexity index is 565. The number of carbonyl (C=O) groups is 1. The van der Waals surface area contributed by atoms with Gasteiger partial charge in [0.05, 0.1) is 13.1 Å². The van der Waals surface area contributed by atoms with Crippen molar-refractivity contribution in [2.24, 2.45) is 4.99 Å². The summed E-state index contributed by atoms with van der Waals surface area (Å²) in [5.74, 6) is 0.735. The summed E-state index contributed by atoms with van der Waals surface area (Å²) in [7, 11) is 0. The van der Waals surface area contributed by atoms with Crippen molar-refractivity contribution in [3.8, 4) is 0 Å². The van der Waals surface area contributed by atoms with Gasteiger partial charge in [-0.05, 0) is 37.3 Å². The summed E-state index contributed by atoms with van der Waals surface area (Å²) in [6.45, 7) is 5.83. The molecule has 5 nitrogen and oxygen atoms in total. The van der Waals surface area contributed by atoms with E-state index in [0.29, 0.717) is 18.5 Å². The third kappa shape index (κ3) is 6.77. The van der Waals surface area contributed by atoms with Crippen LogP contribution in [0.25, 0.3) is 0 Å². The van der Waals surface area contributed by atoms with Gasteiger partial charge in [-0.15, -0.1) is 0 Å². The summed E-state index contributed by atoms with van der Waals surface area (Å²) in [6, 6.07) is 8.71. The van der Waals surface area contributed by atoms with Crippen molar-refractivity contribution in [1.82, 2.24) is 16.0 Å². The van der Waals surface area contributed by atoms with E-state index in [1.54, 1.807) is 0 Å². The second-order valence-electron chi connectivity index (χ2n) is 6.57. The highest BCUT2D eigenvalue weighted by Crippen LogP contribution is 2.17. The highest BCUT2D eigenvalue weighted by Gasteiger charge is 2.15. The predicted molar refractivity (Wildman–Crippen MR) is 104 cm³/mol. The fourth-order valence-electron chi connectivity index (χ4n) is 3.25. The average Bonchev–Trinajstić information content (AvgIpc) is 2.65. The van der Waals surface area contributed by atoms with Crippen LogP contribution in [0.3, 0.4) is 0 Å². The van der Waals surface area contributed by atoms with Gasteiger partial charge in [-0.2, -0.15) is 0 Å². The van der Waals surface area contributed by atoms with Crippen molar-refractivity contribution in [2.75, 3.05) is 13.1 Å². The number of guanidine groups is 1. The maximum atomic E-state index is 12.1. The molecule has 1 saturated carbocycles. The van der Waals surface area contributed by atoms with Crippen LogP contribution in [-0.4, -0.2) is 31.0 Å². The zero-order valence-corrected chi connectivity index (χ0v) is 15.6. The maximum absolute atomic E-state index is 12.1. The molecule has 2 rings (SSSR count). The average molecular weight is 345 g/mol. The Morgan fingerprint density at radius 1 is 1.08 bits per heavy atom. The van der Waals surface area contributed by atoms with Crippen molar-refractivity contribution in [3.05, 3.63) is 35.4 Å². The SMILES string of the molecule is CCNC(=NCc1ccccc1CC)NCC(=O)NC1CCCCC1. The van der Waals surface area contributed by atoms with Crippen LogP contribution in [0.2, 0.25) is 0 Å². The van der Waals surface area contributed by atoms with Crippen molar-refractivity contribution in [2.45, 2.75) is 65.0 Å². The van der Waals surface area contributed by atoms with Crippen LogP contribution in [0.15, 0.2) is 29.3 Å². The Hall–Kier alpha value is -2.04. The molecule has 1 fully saturated rings. The molecule has 25 heavy (non-hydrogen) atoms. The van der Waals surface area contributed by atoms with Crippen LogP contribution in [0.1, 0.15) is 57.1 Å². The lowest BCUT2D eigenvalue weighted by Gasteiger charge is -2.23. The summed E-state index contributed by atoms with van der Waals surface area (Å²) in [5, 5.41) is 9.48. The van der Waals surface area contributed by atoms with Crippen LogP contribution in [0.5, 0.6) is 0 Å². The van der Waals surface area contributed by atoms with Crippen molar-refractivity contribution >= 4 is 11.9 Å². The molecule has 0 saturated heterocycles. The highest BCUT2D eigenvalue weighted by atomic mass is 16.2. The first kappa shape index (κ1) is 19.3. The van der Waals surface area contributed by atoms with E-state index >= 15 is 0 Å². The highest BCUT2D eigenvalue weighted by molar-refractivity contribution is 5.86. The van der Waals surface area contributed by atoms with E-state index in [9.17, 15) is 4.79 Å². The summed E-state index contributed by atoms with van der Waals surface area (Å²) >= 11 is 0. The van der Waals surface area contributed by atoms with E-state index in [1.807, 2.05) is 13.0 Å². The smallest absolute Gasteiger partial charge is 0.239 e. The molecule has 5 heteroatoms. The van der Waals surface area contributed by atoms with Crippen LogP contribution in [0, 0.1) is 0 Å². The minimum atomic E-state index is 0.0476. The minimum Gasteiger partial charge on any atom is -0.357 e. The lowest BCUT2D eigenvalue weighted by Crippen LogP contribution is -2.46. The lowest BCUT2D eigenvalue weighted by molar-refractivity contribution is -0.120. The minimum absolute atomic E-state index is 0.0476. The molecular weight excluding hydrogens is 312 g/mol. The fraction of sp³-hybridized carbons (Fsp3) is 0.600. The number of nitrogens with zero attached hydrogens (tertiary/aromatic N) is 1. The summed E-state index contributed by atoms with van der Waals surface area (Å²) < 4.78 is 0. The van der Waals surface area contributed by atoms with Crippen molar-refractivity contribution in [1.29, 1.82) is 0 Å². The molecule has 0 aliphatic heterocycles. The van der Waals surface area contributed by atoms with Gasteiger partial charge in [0.25, 0.3) is 0 Å². The first-order valence-electron chi connectivity index (χ1n) is 9.61. The number of carbonyl (C=O) groups excluding carboxylic acids is 1. The van der Waals surface area contributed by atoms with Gasteiger partial charge in [0.15, 0.2) is 5.96 Å². The summed E-state index contributed by atoms with van der Waals surface area (Å²) in [5.41, 5.74) is 2.55. The molecule has 1 aromatic rings. The number of hydrogen-bond donors (Lipinski definition) is 3. The zero-order chi connectivity index (χ0) is 17.9. The number of benzene rings is 1. The van der Waals surface area contributed by atoms with E-state index in [0.717, 1.165) is 25.8 Å². The first-order chi connectivity index (χ1) is 12.2. The largest absolute Gasteiger partial charge is 0.357 e. The Kier molecular flexibility index (Phi) is 8.29. The van der Waals surface area contributed by atoms with E-state index in [1.165, 1.54) is 30.4 Å². The van der Waals surface area contributed by atoms with Crippen LogP contribution in [-0.2, 0) is 17.8 Å². The summed E-state index contributed by atoms with van der Waals surface area (Å²) in [6.07, 6.45) is 6.94. The molecule has 0 heterocycles. The molecule has 1 aromatic carbocycles. The van der Waals surface area contributed by atoms with Gasteiger partial charge in [-0.1, -0.05) is 50.5 Å². The monoisotopic (exact) mass is 344 g/mol. The number of hydrogen-bond acceptors (Lipinski definition) is 2. The summed E-state index contributed by atoms with van der Waals surface area (Å²) in [4.78, 5) is 16.8. The Labute approximate surface area is 151 Å². The predicted octanol–water partition coefficient (Wildman–Crippen LogP) is 2.75. The quantitative estimate of drug-likeness (QED) is 0.526. The first-order valence-corrected chi connectivity index (χ1v) is 9.61. The molecule has 0 unspecified atom stereocenters. The Balaban J connectivity index is 1.85. The van der Waals surface area contributed by atoms with Gasteiger partial charge in [0, 0.05) is 12.6 Å². The fourth-order valence-corrected chi connectivity index (χ4v) is 3.25. The molecule has 3 N–H and O–H groups in total. The molecule has 0 atom stereocenters. The Morgan fingerprint density at radius 3 is 2.48 bits per heavy atom. The standard InChI is InChI=1S/C20H32N4O/c1-3-16-10-8-9-11-17(16)14-22-20(21-4-2)23-15-19(25)24-18-12-6-5-7-13-18/h8-11,18H,3-7,12-15H2,1-2H3,(H,24,25)(H2,21,22,23). The topological polar surface area (TPSA) is 65.5 Å². The van der Waals surface area contributed by atoms with E-state index in [2.05, 4.69) is 46.1 Å². The lowest BCUT2D eigenvalue weighted by atomic mass is 9.95. The van der Waals surface area contributed by atoms with E-state index in [4.69, 9.17) is 0 Å². The number of rotatable bonds is 7. The molecule has 0 aromatic heterocycles. The molecule has 0 bridgehead atoms. The van der Waals surface area contributed by atoms with Gasteiger partial charge < -0.3 is 16.0 Å². The van der Waals surface area contributed by atoms with Gasteiger partial charge >= 0.3 is 0 Å². The normalized spacial score (nSPS) is 15.7. The molecule has 0 radical (unpaired) electrons. The van der Waals surface area contributed by atoms with Crippen LogP contribution < -0.4 is 16.0 Å². The van der Waals surface area contributed by atoms with E-state index < -0.39 is 0 Å². The van der Waals surface area contributed by atoms with E-state index in [-0.39, 0.29) is 12.5 Å². The molecular formula is C20H32N4O. The van der Waals surface area contributed by atoms with Gasteiger partial charge in [-0.3, -0.25) is 4.79 Å². The van der Waals surface area contributed by atoms with Gasteiger partial charge in [-0.25, -0.2) is 4.99 Å². The number of aryl methyl sites for hydroxylation is 1. The number of aliphatic imine (C=N–C) groups is 1. The molecule has 1 aliphatic rings. The van der Waals surface area contributed by atoms with Crippen molar-refractivity contribution < 1.29 is 4.79 Å². The van der Waals surface area contributed by atoms with Crippen molar-refractivity contribution in [3.63, 3.8) is 0 Å². The molecule has 1 amide bonds. The number of amides is 1.